The van der Waals surface area contributed by atoms with Crippen LogP contribution in [-0.4, -0.2) is 47.3 Å². The number of ether oxygens (including phenoxy) is 2. The predicted octanol–water partition coefficient (Wildman–Crippen LogP) is -0.345. The fourth-order valence-corrected chi connectivity index (χ4v) is 5.99. The Balaban J connectivity index is 2.17. The Hall–Kier alpha value is -0.750. The van der Waals surface area contributed by atoms with E-state index in [4.69, 9.17) is 9.47 Å². The molecule has 3 heterocycles. The quantitative estimate of drug-likeness (QED) is 0.500. The van der Waals surface area contributed by atoms with E-state index in [0.29, 0.717) is 0 Å². The minimum atomic E-state index is -1.15. The molecule has 0 aliphatic carbocycles. The van der Waals surface area contributed by atoms with E-state index < -0.39 is 27.6 Å². The molecule has 3 rings (SSSR count). The Morgan fingerprint density at radius 3 is 2.76 bits per heavy atom. The largest absolute Gasteiger partial charge is 0.468 e. The second-order valence-electron chi connectivity index (χ2n) is 5.04. The minimum Gasteiger partial charge on any atom is -0.468 e. The Kier molecular flexibility index (Phi) is 2.26. The highest BCUT2D eigenvalue weighted by atomic mass is 32.2. The summed E-state index contributed by atoms with van der Waals surface area (Å²) in [5.74, 6) is -0.0190. The van der Waals surface area contributed by atoms with E-state index in [0.717, 1.165) is 19.1 Å². The van der Waals surface area contributed by atoms with Crippen LogP contribution in [0.4, 0.5) is 0 Å². The number of fused-ring (bicyclic) bond motifs is 5. The summed E-state index contributed by atoms with van der Waals surface area (Å²) >= 11 is 0. The predicted molar refractivity (Wildman–Crippen MR) is 58.7 cm³/mol. The van der Waals surface area contributed by atoms with Crippen molar-refractivity contribution >= 4 is 23.1 Å². The standard InChI is InChI=1S/C11H14O5S/c1-15-9(13)11-6-17(14)5-10(11,4-12)7-2-3-8(11)16-7/h4,7-8H,2-3,5-6H2,1H3. The van der Waals surface area contributed by atoms with Crippen LogP contribution in [0.3, 0.4) is 0 Å². The molecule has 17 heavy (non-hydrogen) atoms. The minimum absolute atomic E-state index is 0.194. The first-order chi connectivity index (χ1) is 8.10. The van der Waals surface area contributed by atoms with Crippen molar-refractivity contribution in [2.24, 2.45) is 10.8 Å². The van der Waals surface area contributed by atoms with Gasteiger partial charge in [-0.1, -0.05) is 0 Å². The van der Waals surface area contributed by atoms with Gasteiger partial charge in [0.15, 0.2) is 0 Å². The van der Waals surface area contributed by atoms with Crippen LogP contribution in [0.25, 0.3) is 0 Å². The topological polar surface area (TPSA) is 69.7 Å². The highest BCUT2D eigenvalue weighted by Crippen LogP contribution is 2.63. The van der Waals surface area contributed by atoms with Gasteiger partial charge in [-0.25, -0.2) is 0 Å². The SMILES string of the molecule is COC(=O)C12CS(=O)CC1(C=O)C1CCC2O1. The van der Waals surface area contributed by atoms with Crippen LogP contribution in [0.15, 0.2) is 0 Å². The average Bonchev–Trinajstić information content (AvgIpc) is 2.96. The smallest absolute Gasteiger partial charge is 0.316 e. The molecular formula is C11H14O5S. The second kappa shape index (κ2) is 3.38. The van der Waals surface area contributed by atoms with E-state index in [1.807, 2.05) is 0 Å². The van der Waals surface area contributed by atoms with Crippen molar-refractivity contribution in [2.75, 3.05) is 18.6 Å². The van der Waals surface area contributed by atoms with Crippen molar-refractivity contribution in [2.45, 2.75) is 25.0 Å². The zero-order chi connectivity index (χ0) is 12.3. The summed E-state index contributed by atoms with van der Waals surface area (Å²) in [4.78, 5) is 23.7. The number of hydrogen-bond donors (Lipinski definition) is 0. The first-order valence-corrected chi connectivity index (χ1v) is 7.15. The molecule has 0 saturated carbocycles. The van der Waals surface area contributed by atoms with Gasteiger partial charge in [0.2, 0.25) is 0 Å². The fourth-order valence-electron chi connectivity index (χ4n) is 3.76. The van der Waals surface area contributed by atoms with Gasteiger partial charge in [-0.3, -0.25) is 9.00 Å². The van der Waals surface area contributed by atoms with E-state index in [9.17, 15) is 13.8 Å². The first kappa shape index (κ1) is 11.3. The maximum absolute atomic E-state index is 12.1. The highest BCUT2D eigenvalue weighted by Gasteiger charge is 2.77. The zero-order valence-electron chi connectivity index (χ0n) is 9.51. The molecular weight excluding hydrogens is 244 g/mol. The summed E-state index contributed by atoms with van der Waals surface area (Å²) in [6.45, 7) is 0. The van der Waals surface area contributed by atoms with Gasteiger partial charge >= 0.3 is 5.97 Å². The van der Waals surface area contributed by atoms with E-state index >= 15 is 0 Å². The third-order valence-electron chi connectivity index (χ3n) is 4.52. The number of esters is 1. The van der Waals surface area contributed by atoms with E-state index in [1.54, 1.807) is 0 Å². The van der Waals surface area contributed by atoms with Gasteiger partial charge in [0, 0.05) is 22.3 Å². The monoisotopic (exact) mass is 258 g/mol. The van der Waals surface area contributed by atoms with Crippen LogP contribution in [-0.2, 0) is 29.9 Å². The van der Waals surface area contributed by atoms with Crippen LogP contribution < -0.4 is 0 Å². The van der Waals surface area contributed by atoms with Gasteiger partial charge in [-0.05, 0) is 12.8 Å². The molecule has 0 aromatic rings. The number of rotatable bonds is 2. The lowest BCUT2D eigenvalue weighted by Crippen LogP contribution is -2.55. The van der Waals surface area contributed by atoms with Crippen molar-refractivity contribution in [3.05, 3.63) is 0 Å². The number of hydrogen-bond acceptors (Lipinski definition) is 5. The van der Waals surface area contributed by atoms with Gasteiger partial charge < -0.3 is 14.3 Å². The van der Waals surface area contributed by atoms with Crippen LogP contribution >= 0.6 is 0 Å². The van der Waals surface area contributed by atoms with Crippen molar-refractivity contribution in [3.8, 4) is 0 Å². The molecule has 3 fully saturated rings. The lowest BCUT2D eigenvalue weighted by molar-refractivity contribution is -0.161. The summed E-state index contributed by atoms with van der Waals surface area (Å²) in [5.41, 5.74) is -1.93. The van der Waals surface area contributed by atoms with Crippen LogP contribution in [0.1, 0.15) is 12.8 Å². The summed E-state index contributed by atoms with van der Waals surface area (Å²) in [7, 11) is 0.160. The number of carbonyl (C=O) groups is 2. The molecule has 6 heteroatoms. The molecule has 0 aromatic carbocycles. The molecule has 0 spiro atoms. The van der Waals surface area contributed by atoms with Gasteiger partial charge in [0.05, 0.1) is 24.7 Å². The molecule has 2 bridgehead atoms. The maximum Gasteiger partial charge on any atom is 0.316 e. The summed E-state index contributed by atoms with van der Waals surface area (Å²) < 4.78 is 22.5. The first-order valence-electron chi connectivity index (χ1n) is 5.66. The van der Waals surface area contributed by atoms with Crippen molar-refractivity contribution in [1.82, 2.24) is 0 Å². The van der Waals surface area contributed by atoms with E-state index in [2.05, 4.69) is 0 Å². The van der Waals surface area contributed by atoms with Gasteiger partial charge in [-0.15, -0.1) is 0 Å². The fraction of sp³-hybridized carbons (Fsp3) is 0.818. The summed E-state index contributed by atoms with van der Waals surface area (Å²) in [6, 6.07) is 0. The van der Waals surface area contributed by atoms with Crippen LogP contribution in [0, 0.1) is 10.8 Å². The molecule has 0 radical (unpaired) electrons. The van der Waals surface area contributed by atoms with Crippen molar-refractivity contribution in [3.63, 3.8) is 0 Å². The summed E-state index contributed by atoms with van der Waals surface area (Å²) in [5, 5.41) is 0. The second-order valence-corrected chi connectivity index (χ2v) is 6.50. The Morgan fingerprint density at radius 2 is 2.12 bits per heavy atom. The number of aldehydes is 1. The normalized spacial score (nSPS) is 51.2. The number of methoxy groups -OCH3 is 1. The molecule has 0 N–H and O–H groups in total. The van der Waals surface area contributed by atoms with Gasteiger partial charge in [0.1, 0.15) is 11.7 Å². The molecule has 94 valence electrons. The van der Waals surface area contributed by atoms with Crippen LogP contribution in [0.2, 0.25) is 0 Å². The third kappa shape index (κ3) is 1.06. The lowest BCUT2D eigenvalue weighted by Gasteiger charge is -2.38. The molecule has 5 unspecified atom stereocenters. The molecule has 0 amide bonds. The summed E-state index contributed by atoms with van der Waals surface area (Å²) in [6.07, 6.45) is 1.72. The molecule has 3 saturated heterocycles. The average molecular weight is 258 g/mol. The molecule has 3 aliphatic rings. The molecule has 3 aliphatic heterocycles. The maximum atomic E-state index is 12.1. The molecule has 5 nitrogen and oxygen atoms in total. The van der Waals surface area contributed by atoms with Gasteiger partial charge in [-0.2, -0.15) is 0 Å². The number of carbonyl (C=O) groups excluding carboxylic acids is 2. The van der Waals surface area contributed by atoms with Gasteiger partial charge in [0.25, 0.3) is 0 Å². The molecule has 0 aromatic heterocycles. The van der Waals surface area contributed by atoms with Crippen LogP contribution in [0.5, 0.6) is 0 Å². The third-order valence-corrected chi connectivity index (χ3v) is 6.10. The van der Waals surface area contributed by atoms with E-state index in [-0.39, 0.29) is 23.7 Å². The Labute approximate surface area is 101 Å². The van der Waals surface area contributed by atoms with Crippen molar-refractivity contribution < 1.29 is 23.3 Å². The molecule has 5 atom stereocenters. The highest BCUT2D eigenvalue weighted by molar-refractivity contribution is 7.85. The van der Waals surface area contributed by atoms with Crippen molar-refractivity contribution in [1.29, 1.82) is 0 Å². The Morgan fingerprint density at radius 1 is 1.41 bits per heavy atom. The Bertz CT molecular complexity index is 422. The lowest BCUT2D eigenvalue weighted by atomic mass is 9.58. The zero-order valence-corrected chi connectivity index (χ0v) is 10.3. The van der Waals surface area contributed by atoms with E-state index in [1.165, 1.54) is 7.11 Å².